The Bertz CT molecular complexity index is 323. The normalized spacial score (nSPS) is 13.8. The summed E-state index contributed by atoms with van der Waals surface area (Å²) in [6.07, 6.45) is 1.85. The maximum absolute atomic E-state index is 11.7. The summed E-state index contributed by atoms with van der Waals surface area (Å²) in [7, 11) is 0. The maximum atomic E-state index is 11.7. The van der Waals surface area contributed by atoms with Gasteiger partial charge in [-0.1, -0.05) is 13.8 Å². The van der Waals surface area contributed by atoms with Crippen LogP contribution in [0.25, 0.3) is 0 Å². The first-order valence-electron chi connectivity index (χ1n) is 6.21. The molecule has 0 heterocycles. The average molecular weight is 291 g/mol. The van der Waals surface area contributed by atoms with Gasteiger partial charge in [0.1, 0.15) is 5.60 Å². The molecule has 112 valence electrons. The molecule has 0 aromatic carbocycles. The third-order valence-electron chi connectivity index (χ3n) is 2.43. The molecule has 6 heteroatoms. The molecule has 0 rings (SSSR count). The lowest BCUT2D eigenvalue weighted by Gasteiger charge is -2.29. The Morgan fingerprint density at radius 1 is 1.26 bits per heavy atom. The van der Waals surface area contributed by atoms with Crippen LogP contribution in [-0.4, -0.2) is 39.8 Å². The quantitative estimate of drug-likeness (QED) is 0.787. The van der Waals surface area contributed by atoms with E-state index in [1.165, 1.54) is 0 Å². The Kier molecular flexibility index (Phi) is 6.69. The fraction of sp³-hybridized carbons (Fsp3) is 0.846. The number of carboxylic acid groups (broad SMARTS) is 1. The molecule has 19 heavy (non-hydrogen) atoms. The lowest BCUT2D eigenvalue weighted by atomic mass is 10.0. The summed E-state index contributed by atoms with van der Waals surface area (Å²) in [5.74, 6) is -0.932. The van der Waals surface area contributed by atoms with Crippen molar-refractivity contribution in [2.75, 3.05) is 6.26 Å². The van der Waals surface area contributed by atoms with Gasteiger partial charge in [0.15, 0.2) is 0 Å². The largest absolute Gasteiger partial charge is 0.481 e. The minimum absolute atomic E-state index is 0.102. The van der Waals surface area contributed by atoms with Crippen molar-refractivity contribution in [2.24, 2.45) is 0 Å². The molecule has 0 aliphatic rings. The highest BCUT2D eigenvalue weighted by Crippen LogP contribution is 2.27. The predicted octanol–water partition coefficient (Wildman–Crippen LogP) is 2.89. The van der Waals surface area contributed by atoms with Crippen LogP contribution in [0, 0.1) is 0 Å². The zero-order valence-electron chi connectivity index (χ0n) is 12.6. The molecule has 0 aliphatic carbocycles. The second-order valence-electron chi connectivity index (χ2n) is 6.11. The number of hydrogen-bond acceptors (Lipinski definition) is 4. The van der Waals surface area contributed by atoms with Crippen molar-refractivity contribution in [1.29, 1.82) is 0 Å². The third kappa shape index (κ3) is 9.64. The van der Waals surface area contributed by atoms with E-state index >= 15 is 0 Å². The molecule has 2 N–H and O–H groups in total. The van der Waals surface area contributed by atoms with E-state index in [2.05, 4.69) is 5.32 Å². The number of aliphatic carboxylic acids is 1. The fourth-order valence-corrected chi connectivity index (χ4v) is 1.90. The molecule has 0 spiro atoms. The number of alkyl carbamates (subject to hydrolysis) is 1. The summed E-state index contributed by atoms with van der Waals surface area (Å²) in [6, 6.07) is -0.435. The van der Waals surface area contributed by atoms with Crippen molar-refractivity contribution in [3.8, 4) is 0 Å². The number of ether oxygens (including phenoxy) is 1. The molecule has 0 fully saturated rings. The van der Waals surface area contributed by atoms with Gasteiger partial charge in [-0.3, -0.25) is 4.79 Å². The van der Waals surface area contributed by atoms with Crippen LogP contribution < -0.4 is 5.32 Å². The molecular weight excluding hydrogens is 266 g/mol. The van der Waals surface area contributed by atoms with E-state index in [4.69, 9.17) is 9.84 Å². The van der Waals surface area contributed by atoms with E-state index in [1.807, 2.05) is 20.1 Å². The third-order valence-corrected chi connectivity index (χ3v) is 3.70. The Labute approximate surface area is 119 Å². The van der Waals surface area contributed by atoms with Crippen LogP contribution in [0.4, 0.5) is 4.79 Å². The lowest BCUT2D eigenvalue weighted by molar-refractivity contribution is -0.137. The highest BCUT2D eigenvalue weighted by atomic mass is 32.2. The van der Waals surface area contributed by atoms with Gasteiger partial charge in [0.05, 0.1) is 6.42 Å². The Hall–Kier alpha value is -0.910. The van der Waals surface area contributed by atoms with Gasteiger partial charge in [-0.05, 0) is 33.4 Å². The zero-order chi connectivity index (χ0) is 15.3. The van der Waals surface area contributed by atoms with Gasteiger partial charge in [-0.2, -0.15) is 11.8 Å². The number of nitrogens with one attached hydrogen (secondary N) is 1. The molecular formula is C13H25NO4S. The van der Waals surface area contributed by atoms with Crippen molar-refractivity contribution < 1.29 is 19.4 Å². The van der Waals surface area contributed by atoms with Crippen molar-refractivity contribution in [3.05, 3.63) is 0 Å². The number of carbonyl (C=O) groups is 2. The maximum Gasteiger partial charge on any atom is 0.407 e. The molecule has 0 aromatic rings. The number of carbonyl (C=O) groups excluding carboxylic acids is 1. The van der Waals surface area contributed by atoms with E-state index < -0.39 is 23.7 Å². The summed E-state index contributed by atoms with van der Waals surface area (Å²) in [5, 5.41) is 11.5. The minimum atomic E-state index is -0.932. The van der Waals surface area contributed by atoms with Crippen LogP contribution in [0.15, 0.2) is 0 Å². The number of thioether (sulfide) groups is 1. The average Bonchev–Trinajstić information content (AvgIpc) is 2.12. The van der Waals surface area contributed by atoms with E-state index in [1.54, 1.807) is 32.5 Å². The molecule has 0 aliphatic heterocycles. The first kappa shape index (κ1) is 18.1. The van der Waals surface area contributed by atoms with Crippen molar-refractivity contribution in [2.45, 2.75) is 63.9 Å². The number of carboxylic acids is 1. The first-order chi connectivity index (χ1) is 8.45. The highest BCUT2D eigenvalue weighted by molar-refractivity contribution is 7.99. The van der Waals surface area contributed by atoms with Crippen LogP contribution in [0.2, 0.25) is 0 Å². The SMILES string of the molecule is CSC(C)(C)CC(CC(=O)O)NC(=O)OC(C)(C)C. The molecule has 0 saturated heterocycles. The van der Waals surface area contributed by atoms with Gasteiger partial charge in [0.2, 0.25) is 0 Å². The fourth-order valence-electron chi connectivity index (χ4n) is 1.54. The van der Waals surface area contributed by atoms with Gasteiger partial charge in [0.25, 0.3) is 0 Å². The van der Waals surface area contributed by atoms with Crippen LogP contribution in [0.1, 0.15) is 47.5 Å². The van der Waals surface area contributed by atoms with Crippen molar-refractivity contribution in [3.63, 3.8) is 0 Å². The lowest BCUT2D eigenvalue weighted by Crippen LogP contribution is -2.43. The highest BCUT2D eigenvalue weighted by Gasteiger charge is 2.27. The first-order valence-corrected chi connectivity index (χ1v) is 7.44. The molecule has 0 bridgehead atoms. The Morgan fingerprint density at radius 2 is 1.79 bits per heavy atom. The number of rotatable bonds is 6. The van der Waals surface area contributed by atoms with Gasteiger partial charge in [0, 0.05) is 10.8 Å². The van der Waals surface area contributed by atoms with Gasteiger partial charge < -0.3 is 15.2 Å². The van der Waals surface area contributed by atoms with E-state index in [-0.39, 0.29) is 11.2 Å². The predicted molar refractivity (Wildman–Crippen MR) is 77.6 cm³/mol. The molecule has 5 nitrogen and oxygen atoms in total. The second kappa shape index (κ2) is 7.03. The van der Waals surface area contributed by atoms with Crippen LogP contribution >= 0.6 is 11.8 Å². The molecule has 1 amide bonds. The molecule has 1 unspecified atom stereocenters. The van der Waals surface area contributed by atoms with Gasteiger partial charge in [-0.15, -0.1) is 0 Å². The summed E-state index contributed by atoms with van der Waals surface area (Å²) in [4.78, 5) is 22.5. The van der Waals surface area contributed by atoms with Gasteiger partial charge in [-0.25, -0.2) is 4.79 Å². The summed E-state index contributed by atoms with van der Waals surface area (Å²) < 4.78 is 5.05. The summed E-state index contributed by atoms with van der Waals surface area (Å²) in [5.41, 5.74) is -0.590. The molecule has 1 atom stereocenters. The zero-order valence-corrected chi connectivity index (χ0v) is 13.4. The summed E-state index contributed by atoms with van der Waals surface area (Å²) >= 11 is 1.64. The standard InChI is InChI=1S/C13H25NO4S/c1-12(2,3)18-11(17)14-9(7-10(15)16)8-13(4,5)19-6/h9H,7-8H2,1-6H3,(H,14,17)(H,15,16). The van der Waals surface area contributed by atoms with Crippen LogP contribution in [0.5, 0.6) is 0 Å². The van der Waals surface area contributed by atoms with Crippen LogP contribution in [-0.2, 0) is 9.53 Å². The molecule has 0 radical (unpaired) electrons. The number of hydrogen-bond donors (Lipinski definition) is 2. The molecule has 0 saturated carbocycles. The van der Waals surface area contributed by atoms with Gasteiger partial charge >= 0.3 is 12.1 Å². The van der Waals surface area contributed by atoms with Crippen molar-refractivity contribution >= 4 is 23.8 Å². The minimum Gasteiger partial charge on any atom is -0.481 e. The number of amides is 1. The van der Waals surface area contributed by atoms with E-state index in [9.17, 15) is 9.59 Å². The topological polar surface area (TPSA) is 75.6 Å². The Balaban J connectivity index is 4.60. The smallest absolute Gasteiger partial charge is 0.407 e. The van der Waals surface area contributed by atoms with Crippen molar-refractivity contribution in [1.82, 2.24) is 5.32 Å². The van der Waals surface area contributed by atoms with Crippen LogP contribution in [0.3, 0.4) is 0 Å². The van der Waals surface area contributed by atoms with E-state index in [0.717, 1.165) is 0 Å². The summed E-state index contributed by atoms with van der Waals surface area (Å²) in [6.45, 7) is 9.34. The monoisotopic (exact) mass is 291 g/mol. The Morgan fingerprint density at radius 3 is 2.16 bits per heavy atom. The molecule has 0 aromatic heterocycles. The second-order valence-corrected chi connectivity index (χ2v) is 7.62. The van der Waals surface area contributed by atoms with E-state index in [0.29, 0.717) is 6.42 Å².